The molecule has 14 nitrogen and oxygen atoms in total. The molecule has 0 spiro atoms. The van der Waals surface area contributed by atoms with Crippen LogP contribution in [0.3, 0.4) is 0 Å². The van der Waals surface area contributed by atoms with Crippen LogP contribution < -0.4 is 5.32 Å². The SMILES string of the molecule is CC/C=C\C/C=C\C/C=C\C/C=C\C/C=C\C/C=C\C/C=C\C/C=C\C/C=C\C/C=C\C/C=C\CCCCCCCCCC(=O)NC(COC1OC(CO)C(OC2OC(CO)C(O)C(O)C2O)C(O)C1O)C(O)/C=C/CCCCCCCCCCCCCCCCCCC. The van der Waals surface area contributed by atoms with Gasteiger partial charge in [0.2, 0.25) is 5.91 Å². The van der Waals surface area contributed by atoms with Crippen LogP contribution in [-0.4, -0.2) is 140 Å². The molecule has 536 valence electrons. The van der Waals surface area contributed by atoms with E-state index in [1.165, 1.54) is 96.3 Å². The Morgan fingerprint density at radius 1 is 0.394 bits per heavy atom. The number of hydrogen-bond acceptors (Lipinski definition) is 13. The molecule has 0 saturated carbocycles. The highest BCUT2D eigenvalue weighted by Gasteiger charge is 2.51. The Kier molecular flexibility index (Phi) is 57.1. The van der Waals surface area contributed by atoms with Gasteiger partial charge in [0.15, 0.2) is 12.6 Å². The molecule has 0 aromatic carbocycles. The van der Waals surface area contributed by atoms with Crippen LogP contribution in [0.5, 0.6) is 0 Å². The first-order chi connectivity index (χ1) is 46.1. The summed E-state index contributed by atoms with van der Waals surface area (Å²) in [4.78, 5) is 13.3. The summed E-state index contributed by atoms with van der Waals surface area (Å²) < 4.78 is 22.8. The lowest BCUT2D eigenvalue weighted by Gasteiger charge is -2.46. The average Bonchev–Trinajstić information content (AvgIpc) is 0.794. The van der Waals surface area contributed by atoms with Crippen molar-refractivity contribution in [1.29, 1.82) is 0 Å². The zero-order valence-electron chi connectivity index (χ0n) is 58.4. The number of unbranched alkanes of at least 4 members (excludes halogenated alkanes) is 24. The lowest BCUT2D eigenvalue weighted by atomic mass is 9.97. The fraction of sp³-hybridized carbons (Fsp3) is 0.688. The van der Waals surface area contributed by atoms with Crippen LogP contribution in [0.1, 0.15) is 258 Å². The van der Waals surface area contributed by atoms with Crippen molar-refractivity contribution in [1.82, 2.24) is 5.32 Å². The number of amides is 1. The number of aliphatic hydroxyl groups excluding tert-OH is 8. The van der Waals surface area contributed by atoms with Gasteiger partial charge in [0.05, 0.1) is 32.0 Å². The van der Waals surface area contributed by atoms with Crippen LogP contribution in [0.2, 0.25) is 0 Å². The number of carbonyl (C=O) groups is 1. The fourth-order valence-electron chi connectivity index (χ4n) is 11.2. The fourth-order valence-corrected chi connectivity index (χ4v) is 11.2. The van der Waals surface area contributed by atoms with E-state index in [0.717, 1.165) is 135 Å². The zero-order chi connectivity index (χ0) is 68.0. The predicted molar refractivity (Wildman–Crippen MR) is 387 cm³/mol. The maximum Gasteiger partial charge on any atom is 0.220 e. The second kappa shape index (κ2) is 62.4. The van der Waals surface area contributed by atoms with Gasteiger partial charge in [-0.2, -0.15) is 0 Å². The molecule has 14 heteroatoms. The largest absolute Gasteiger partial charge is 0.394 e. The molecule has 0 aliphatic carbocycles. The topological polar surface area (TPSA) is 228 Å². The molecule has 0 aromatic heterocycles. The van der Waals surface area contributed by atoms with Gasteiger partial charge < -0.3 is 65.1 Å². The number of aliphatic hydroxyl groups is 8. The zero-order valence-corrected chi connectivity index (χ0v) is 58.4. The molecule has 94 heavy (non-hydrogen) atoms. The summed E-state index contributed by atoms with van der Waals surface area (Å²) in [7, 11) is 0. The predicted octanol–water partition coefficient (Wildman–Crippen LogP) is 16.0. The van der Waals surface area contributed by atoms with Crippen molar-refractivity contribution in [3.63, 3.8) is 0 Å². The van der Waals surface area contributed by atoms with Gasteiger partial charge in [-0.15, -0.1) is 0 Å². The van der Waals surface area contributed by atoms with Crippen molar-refractivity contribution < 1.29 is 64.6 Å². The molecule has 9 N–H and O–H groups in total. The van der Waals surface area contributed by atoms with Crippen LogP contribution in [0, 0.1) is 0 Å². The van der Waals surface area contributed by atoms with E-state index in [9.17, 15) is 45.6 Å². The number of carbonyl (C=O) groups excluding carboxylic acids is 1. The molecule has 2 saturated heterocycles. The molecular weight excluding hydrogens is 1180 g/mol. The van der Waals surface area contributed by atoms with E-state index in [4.69, 9.17) is 18.9 Å². The summed E-state index contributed by atoms with van der Waals surface area (Å²) in [5.41, 5.74) is 0. The molecule has 0 aromatic rings. The van der Waals surface area contributed by atoms with Gasteiger partial charge in [-0.05, 0) is 103 Å². The van der Waals surface area contributed by atoms with Gasteiger partial charge in [-0.25, -0.2) is 0 Å². The number of nitrogens with one attached hydrogen (secondary N) is 1. The van der Waals surface area contributed by atoms with Gasteiger partial charge in [-0.3, -0.25) is 4.79 Å². The van der Waals surface area contributed by atoms with Gasteiger partial charge in [0.1, 0.15) is 48.8 Å². The first kappa shape index (κ1) is 86.0. The minimum atomic E-state index is -1.80. The third-order valence-corrected chi connectivity index (χ3v) is 17.0. The molecule has 2 aliphatic rings. The van der Waals surface area contributed by atoms with Crippen LogP contribution in [-0.2, 0) is 23.7 Å². The highest BCUT2D eigenvalue weighted by atomic mass is 16.7. The van der Waals surface area contributed by atoms with Crippen molar-refractivity contribution in [3.05, 3.63) is 146 Å². The molecule has 2 fully saturated rings. The smallest absolute Gasteiger partial charge is 0.220 e. The Bertz CT molecular complexity index is 2140. The average molecular weight is 1320 g/mol. The Hall–Kier alpha value is -4.13. The van der Waals surface area contributed by atoms with Crippen molar-refractivity contribution in [3.8, 4) is 0 Å². The van der Waals surface area contributed by atoms with Crippen molar-refractivity contribution in [2.45, 2.75) is 331 Å². The van der Waals surface area contributed by atoms with Crippen molar-refractivity contribution in [2.24, 2.45) is 0 Å². The molecule has 1 amide bonds. The van der Waals surface area contributed by atoms with Crippen molar-refractivity contribution >= 4 is 5.91 Å². The van der Waals surface area contributed by atoms with Crippen LogP contribution in [0.15, 0.2) is 146 Å². The van der Waals surface area contributed by atoms with Crippen LogP contribution in [0.4, 0.5) is 0 Å². The van der Waals surface area contributed by atoms with E-state index in [-0.39, 0.29) is 18.9 Å². The molecular formula is C80H133NO13. The highest BCUT2D eigenvalue weighted by Crippen LogP contribution is 2.30. The first-order valence-electron chi connectivity index (χ1n) is 37.1. The molecule has 0 radical (unpaired) electrons. The third-order valence-electron chi connectivity index (χ3n) is 17.0. The summed E-state index contributed by atoms with van der Waals surface area (Å²) >= 11 is 0. The minimum absolute atomic E-state index is 0.255. The lowest BCUT2D eigenvalue weighted by Crippen LogP contribution is -2.65. The van der Waals surface area contributed by atoms with Crippen LogP contribution >= 0.6 is 0 Å². The van der Waals surface area contributed by atoms with E-state index in [2.05, 4.69) is 153 Å². The maximum atomic E-state index is 13.3. The summed E-state index contributed by atoms with van der Waals surface area (Å²) in [5.74, 6) is -0.255. The Morgan fingerprint density at radius 3 is 1.13 bits per heavy atom. The van der Waals surface area contributed by atoms with Crippen LogP contribution in [0.25, 0.3) is 0 Å². The quantitative estimate of drug-likeness (QED) is 0.0204. The molecule has 2 heterocycles. The summed E-state index contributed by atoms with van der Waals surface area (Å²) in [6.45, 7) is 2.68. The second-order valence-corrected chi connectivity index (χ2v) is 25.3. The first-order valence-corrected chi connectivity index (χ1v) is 37.1. The normalized spacial score (nSPS) is 23.3. The standard InChI is InChI=1S/C80H133NO13/c1-3-5-7-9-11-13-15-17-19-21-23-24-25-26-27-28-29-30-31-32-33-34-35-36-37-38-39-40-41-42-43-44-46-48-50-52-54-56-58-60-62-64-72(85)81-68(69(84)63-61-59-57-55-53-51-49-47-45-22-20-18-16-14-12-10-8-6-4-2)67-91-79-77(90)75(88)78(71(66-83)93-79)94-80-76(89)74(87)73(86)70(65-82)92-80/h5,7,11,13,17,19,23-24,26-27,29-30,32-33,35-36,38-39,41-42,44,46,61,63,68-71,73-80,82-84,86-90H,3-4,6,8-10,12,14-16,18,20-22,25,28,31,34,37,40,43,45,47-60,62,64-67H2,1-2H3,(H,81,85)/b7-5-,13-11-,19-17-,24-23-,27-26-,30-29-,33-32-,36-35-,39-38-,42-41-,46-44-,63-61+. The van der Waals surface area contributed by atoms with E-state index in [0.29, 0.717) is 6.42 Å². The third kappa shape index (κ3) is 45.4. The summed E-state index contributed by atoms with van der Waals surface area (Å²) in [5, 5.41) is 87.5. The molecule has 2 aliphatic heterocycles. The van der Waals surface area contributed by atoms with E-state index in [1.807, 2.05) is 6.08 Å². The monoisotopic (exact) mass is 1320 g/mol. The van der Waals surface area contributed by atoms with E-state index in [1.54, 1.807) is 6.08 Å². The molecule has 12 unspecified atom stereocenters. The van der Waals surface area contributed by atoms with Crippen molar-refractivity contribution in [2.75, 3.05) is 19.8 Å². The molecule has 12 atom stereocenters. The second-order valence-electron chi connectivity index (χ2n) is 25.3. The Morgan fingerprint density at radius 2 is 0.734 bits per heavy atom. The van der Waals surface area contributed by atoms with E-state index >= 15 is 0 Å². The Balaban J connectivity index is 1.64. The Labute approximate surface area is 570 Å². The number of rotatable bonds is 59. The number of ether oxygens (including phenoxy) is 4. The highest BCUT2D eigenvalue weighted by molar-refractivity contribution is 5.76. The lowest BCUT2D eigenvalue weighted by molar-refractivity contribution is -0.359. The van der Waals surface area contributed by atoms with Gasteiger partial charge in [0, 0.05) is 6.42 Å². The number of hydrogen-bond donors (Lipinski definition) is 9. The molecule has 2 rings (SSSR count). The van der Waals surface area contributed by atoms with Gasteiger partial charge >= 0.3 is 0 Å². The van der Waals surface area contributed by atoms with Gasteiger partial charge in [0.25, 0.3) is 0 Å². The summed E-state index contributed by atoms with van der Waals surface area (Å²) in [6.07, 6.45) is 77.5. The summed E-state index contributed by atoms with van der Waals surface area (Å²) in [6, 6.07) is -0.932. The molecule has 0 bridgehead atoms. The van der Waals surface area contributed by atoms with Gasteiger partial charge in [-0.1, -0.05) is 295 Å². The van der Waals surface area contributed by atoms with E-state index < -0.39 is 86.8 Å². The minimum Gasteiger partial charge on any atom is -0.394 e. The number of allylic oxidation sites excluding steroid dienone is 23. The maximum absolute atomic E-state index is 13.3.